The third-order valence-corrected chi connectivity index (χ3v) is 4.09. The normalized spacial score (nSPS) is 11.4. The molecule has 0 saturated carbocycles. The van der Waals surface area contributed by atoms with Gasteiger partial charge in [-0.05, 0) is 48.9 Å². The minimum atomic E-state index is -0.652. The molecule has 0 aliphatic carbocycles. The molecule has 1 N–H and O–H groups in total. The van der Waals surface area contributed by atoms with E-state index in [1.165, 1.54) is 0 Å². The fourth-order valence-corrected chi connectivity index (χ4v) is 2.55. The summed E-state index contributed by atoms with van der Waals surface area (Å²) in [5, 5.41) is 2.84. The number of ether oxygens (including phenoxy) is 3. The van der Waals surface area contributed by atoms with Crippen LogP contribution in [0.3, 0.4) is 0 Å². The number of amides is 1. The van der Waals surface area contributed by atoms with E-state index in [1.54, 1.807) is 38.3 Å². The molecule has 0 saturated heterocycles. The fourth-order valence-electron chi connectivity index (χ4n) is 2.55. The van der Waals surface area contributed by atoms with Gasteiger partial charge in [-0.1, -0.05) is 36.4 Å². The van der Waals surface area contributed by atoms with Crippen molar-refractivity contribution < 1.29 is 19.0 Å². The van der Waals surface area contributed by atoms with Crippen molar-refractivity contribution >= 4 is 11.6 Å². The molecule has 0 spiro atoms. The van der Waals surface area contributed by atoms with E-state index in [-0.39, 0.29) is 5.91 Å². The molecule has 1 atom stereocenters. The molecule has 3 rings (SSSR count). The zero-order valence-electron chi connectivity index (χ0n) is 15.9. The zero-order chi connectivity index (χ0) is 19.8. The summed E-state index contributed by atoms with van der Waals surface area (Å²) in [4.78, 5) is 12.4. The maximum absolute atomic E-state index is 12.4. The van der Waals surface area contributed by atoms with E-state index in [0.29, 0.717) is 23.8 Å². The van der Waals surface area contributed by atoms with Gasteiger partial charge >= 0.3 is 0 Å². The van der Waals surface area contributed by atoms with Crippen LogP contribution in [0.4, 0.5) is 5.69 Å². The quantitative estimate of drug-likeness (QED) is 0.619. The Labute approximate surface area is 164 Å². The van der Waals surface area contributed by atoms with E-state index in [4.69, 9.17) is 14.2 Å². The molecular formula is C23H23NO4. The van der Waals surface area contributed by atoms with Crippen molar-refractivity contribution in [2.45, 2.75) is 19.6 Å². The highest BCUT2D eigenvalue weighted by Crippen LogP contribution is 2.21. The van der Waals surface area contributed by atoms with Gasteiger partial charge in [0.1, 0.15) is 23.9 Å². The van der Waals surface area contributed by atoms with Crippen LogP contribution in [0.25, 0.3) is 0 Å². The summed E-state index contributed by atoms with van der Waals surface area (Å²) >= 11 is 0. The van der Waals surface area contributed by atoms with Gasteiger partial charge in [0, 0.05) is 11.8 Å². The van der Waals surface area contributed by atoms with Crippen LogP contribution in [0.15, 0.2) is 78.9 Å². The van der Waals surface area contributed by atoms with Gasteiger partial charge in [-0.3, -0.25) is 4.79 Å². The molecule has 0 heterocycles. The molecule has 5 nitrogen and oxygen atoms in total. The molecule has 0 fully saturated rings. The lowest BCUT2D eigenvalue weighted by Crippen LogP contribution is -2.30. The first-order chi connectivity index (χ1) is 13.6. The van der Waals surface area contributed by atoms with Crippen LogP contribution in [-0.2, 0) is 11.4 Å². The van der Waals surface area contributed by atoms with Crippen LogP contribution < -0.4 is 19.5 Å². The largest absolute Gasteiger partial charge is 0.497 e. The van der Waals surface area contributed by atoms with Gasteiger partial charge in [-0.2, -0.15) is 0 Å². The van der Waals surface area contributed by atoms with Crippen molar-refractivity contribution in [2.24, 2.45) is 0 Å². The Morgan fingerprint density at radius 2 is 1.61 bits per heavy atom. The van der Waals surface area contributed by atoms with Gasteiger partial charge in [-0.25, -0.2) is 0 Å². The molecule has 144 valence electrons. The molecule has 3 aromatic rings. The Morgan fingerprint density at radius 1 is 0.893 bits per heavy atom. The van der Waals surface area contributed by atoms with Crippen LogP contribution in [-0.4, -0.2) is 19.1 Å². The third kappa shape index (κ3) is 5.51. The smallest absolute Gasteiger partial charge is 0.265 e. The first kappa shape index (κ1) is 19.3. The van der Waals surface area contributed by atoms with Gasteiger partial charge in [0.2, 0.25) is 0 Å². The van der Waals surface area contributed by atoms with Crippen molar-refractivity contribution in [1.29, 1.82) is 0 Å². The second-order valence-electron chi connectivity index (χ2n) is 6.23. The average molecular weight is 377 g/mol. The summed E-state index contributed by atoms with van der Waals surface area (Å²) in [5.74, 6) is 1.76. The highest BCUT2D eigenvalue weighted by Gasteiger charge is 2.15. The van der Waals surface area contributed by atoms with Crippen LogP contribution in [0.2, 0.25) is 0 Å². The highest BCUT2D eigenvalue weighted by atomic mass is 16.5. The zero-order valence-corrected chi connectivity index (χ0v) is 15.9. The molecular weight excluding hydrogens is 354 g/mol. The van der Waals surface area contributed by atoms with Crippen molar-refractivity contribution in [1.82, 2.24) is 0 Å². The van der Waals surface area contributed by atoms with Crippen LogP contribution in [0.1, 0.15) is 12.5 Å². The molecule has 0 radical (unpaired) electrons. The Balaban J connectivity index is 1.51. The van der Waals surface area contributed by atoms with Crippen LogP contribution >= 0.6 is 0 Å². The molecule has 0 bridgehead atoms. The number of methoxy groups -OCH3 is 1. The van der Waals surface area contributed by atoms with E-state index >= 15 is 0 Å². The predicted molar refractivity (Wildman–Crippen MR) is 109 cm³/mol. The highest BCUT2D eigenvalue weighted by molar-refractivity contribution is 5.94. The number of hydrogen-bond donors (Lipinski definition) is 1. The van der Waals surface area contributed by atoms with Crippen LogP contribution in [0, 0.1) is 0 Å². The summed E-state index contributed by atoms with van der Waals surface area (Å²) in [6, 6.07) is 24.4. The first-order valence-electron chi connectivity index (χ1n) is 9.02. The van der Waals surface area contributed by atoms with Crippen molar-refractivity contribution in [3.8, 4) is 17.2 Å². The number of carbonyl (C=O) groups excluding carboxylic acids is 1. The summed E-state index contributed by atoms with van der Waals surface area (Å²) in [5.41, 5.74) is 1.78. The lowest BCUT2D eigenvalue weighted by molar-refractivity contribution is -0.122. The standard InChI is InChI=1S/C23H23NO4/c1-17(28-22-10-6-9-21(15-22)26-2)23(25)24-19-11-13-20(14-12-19)27-16-18-7-4-3-5-8-18/h3-15,17H,16H2,1-2H3,(H,24,25)/t17-/m0/s1. The molecule has 3 aromatic carbocycles. The predicted octanol–water partition coefficient (Wildman–Crippen LogP) is 4.68. The average Bonchev–Trinajstić information content (AvgIpc) is 2.74. The summed E-state index contributed by atoms with van der Waals surface area (Å²) in [6.45, 7) is 2.20. The van der Waals surface area contributed by atoms with Crippen molar-refractivity contribution in [3.63, 3.8) is 0 Å². The topological polar surface area (TPSA) is 56.8 Å². The number of hydrogen-bond acceptors (Lipinski definition) is 4. The minimum Gasteiger partial charge on any atom is -0.497 e. The number of benzene rings is 3. The number of rotatable bonds is 8. The Morgan fingerprint density at radius 3 is 2.32 bits per heavy atom. The maximum Gasteiger partial charge on any atom is 0.265 e. The van der Waals surface area contributed by atoms with E-state index < -0.39 is 6.10 Å². The summed E-state index contributed by atoms with van der Waals surface area (Å²) in [6.07, 6.45) is -0.652. The van der Waals surface area contributed by atoms with E-state index in [1.807, 2.05) is 54.6 Å². The lowest BCUT2D eigenvalue weighted by atomic mass is 10.2. The van der Waals surface area contributed by atoms with Gasteiger partial charge < -0.3 is 19.5 Å². The fraction of sp³-hybridized carbons (Fsp3) is 0.174. The van der Waals surface area contributed by atoms with Crippen molar-refractivity contribution in [3.05, 3.63) is 84.4 Å². The lowest BCUT2D eigenvalue weighted by Gasteiger charge is -2.15. The molecule has 0 aromatic heterocycles. The first-order valence-corrected chi connectivity index (χ1v) is 9.02. The van der Waals surface area contributed by atoms with E-state index in [2.05, 4.69) is 5.32 Å². The molecule has 0 aliphatic heterocycles. The third-order valence-electron chi connectivity index (χ3n) is 4.09. The summed E-state index contributed by atoms with van der Waals surface area (Å²) < 4.78 is 16.6. The number of nitrogens with one attached hydrogen (secondary N) is 1. The second kappa shape index (κ2) is 9.46. The maximum atomic E-state index is 12.4. The Bertz CT molecular complexity index is 894. The summed E-state index contributed by atoms with van der Waals surface area (Å²) in [7, 11) is 1.59. The van der Waals surface area contributed by atoms with Gasteiger partial charge in [-0.15, -0.1) is 0 Å². The Hall–Kier alpha value is -3.47. The molecule has 28 heavy (non-hydrogen) atoms. The number of anilines is 1. The van der Waals surface area contributed by atoms with E-state index in [9.17, 15) is 4.79 Å². The molecule has 0 unspecified atom stereocenters. The van der Waals surface area contributed by atoms with Crippen molar-refractivity contribution in [2.75, 3.05) is 12.4 Å². The van der Waals surface area contributed by atoms with E-state index in [0.717, 1.165) is 11.3 Å². The monoisotopic (exact) mass is 377 g/mol. The number of carbonyl (C=O) groups is 1. The SMILES string of the molecule is COc1cccc(O[C@@H](C)C(=O)Nc2ccc(OCc3ccccc3)cc2)c1. The van der Waals surface area contributed by atoms with Gasteiger partial charge in [0.05, 0.1) is 7.11 Å². The Kier molecular flexibility index (Phi) is 6.52. The minimum absolute atomic E-state index is 0.235. The molecule has 5 heteroatoms. The molecule has 1 amide bonds. The van der Waals surface area contributed by atoms with Crippen LogP contribution in [0.5, 0.6) is 17.2 Å². The second-order valence-corrected chi connectivity index (χ2v) is 6.23. The molecule has 0 aliphatic rings. The van der Waals surface area contributed by atoms with Gasteiger partial charge in [0.25, 0.3) is 5.91 Å². The van der Waals surface area contributed by atoms with Gasteiger partial charge in [0.15, 0.2) is 6.10 Å².